The predicted octanol–water partition coefficient (Wildman–Crippen LogP) is 2.11. The Bertz CT molecular complexity index is 488. The van der Waals surface area contributed by atoms with Crippen LogP contribution in [-0.2, 0) is 9.53 Å². The van der Waals surface area contributed by atoms with E-state index in [1.807, 2.05) is 31.1 Å². The maximum atomic E-state index is 12.0. The largest absolute Gasteiger partial charge is 0.375 e. The molecular formula is C15H22ClN3O2. The standard InChI is InChI=1S/C15H22ClN3O2/c1-19(2)15-12(16)4-3-5-13(15)18-14(20)10-21-11-6-8-17-9-7-11/h3-5,11,17H,6-10H2,1-2H3,(H,18,20). The van der Waals surface area contributed by atoms with E-state index in [9.17, 15) is 4.79 Å². The van der Waals surface area contributed by atoms with Gasteiger partial charge in [0.1, 0.15) is 6.61 Å². The fraction of sp³-hybridized carbons (Fsp3) is 0.533. The van der Waals surface area contributed by atoms with Crippen LogP contribution in [0.15, 0.2) is 18.2 Å². The fourth-order valence-corrected chi connectivity index (χ4v) is 2.76. The Balaban J connectivity index is 1.91. The van der Waals surface area contributed by atoms with Crippen molar-refractivity contribution in [3.63, 3.8) is 0 Å². The van der Waals surface area contributed by atoms with Gasteiger partial charge >= 0.3 is 0 Å². The summed E-state index contributed by atoms with van der Waals surface area (Å²) in [5.41, 5.74) is 1.50. The highest BCUT2D eigenvalue weighted by atomic mass is 35.5. The van der Waals surface area contributed by atoms with Gasteiger partial charge in [-0.15, -0.1) is 0 Å². The van der Waals surface area contributed by atoms with Crippen molar-refractivity contribution in [2.45, 2.75) is 18.9 Å². The molecule has 0 radical (unpaired) electrons. The van der Waals surface area contributed by atoms with E-state index in [1.165, 1.54) is 0 Å². The first-order chi connectivity index (χ1) is 10.1. The van der Waals surface area contributed by atoms with Crippen LogP contribution in [0.2, 0.25) is 5.02 Å². The average Bonchev–Trinajstić information content (AvgIpc) is 2.46. The molecule has 0 saturated carbocycles. The summed E-state index contributed by atoms with van der Waals surface area (Å²) in [7, 11) is 3.78. The van der Waals surface area contributed by atoms with Crippen molar-refractivity contribution >= 4 is 28.9 Å². The van der Waals surface area contributed by atoms with Gasteiger partial charge in [-0.05, 0) is 38.1 Å². The van der Waals surface area contributed by atoms with Gasteiger partial charge in [-0.25, -0.2) is 0 Å². The second-order valence-electron chi connectivity index (χ2n) is 5.34. The number of hydrogen-bond donors (Lipinski definition) is 2. The van der Waals surface area contributed by atoms with E-state index in [0.717, 1.165) is 31.6 Å². The van der Waals surface area contributed by atoms with Gasteiger partial charge in [0.25, 0.3) is 0 Å². The van der Waals surface area contributed by atoms with Crippen LogP contribution in [0.4, 0.5) is 11.4 Å². The smallest absolute Gasteiger partial charge is 0.250 e. The number of halogens is 1. The molecule has 0 unspecified atom stereocenters. The van der Waals surface area contributed by atoms with Crippen LogP contribution in [0.25, 0.3) is 0 Å². The lowest BCUT2D eigenvalue weighted by Gasteiger charge is -2.23. The topological polar surface area (TPSA) is 53.6 Å². The summed E-state index contributed by atoms with van der Waals surface area (Å²) in [6.45, 7) is 1.97. The van der Waals surface area contributed by atoms with Gasteiger partial charge in [0.15, 0.2) is 0 Å². The number of nitrogens with one attached hydrogen (secondary N) is 2. The van der Waals surface area contributed by atoms with Crippen LogP contribution in [0, 0.1) is 0 Å². The lowest BCUT2D eigenvalue weighted by molar-refractivity contribution is -0.123. The lowest BCUT2D eigenvalue weighted by atomic mass is 10.1. The first-order valence-electron chi connectivity index (χ1n) is 7.16. The molecule has 2 rings (SSSR count). The number of carbonyl (C=O) groups excluding carboxylic acids is 1. The summed E-state index contributed by atoms with van der Waals surface area (Å²) in [6, 6.07) is 5.46. The normalized spacial score (nSPS) is 15.8. The molecule has 1 saturated heterocycles. The fourth-order valence-electron chi connectivity index (χ4n) is 2.41. The number of carbonyl (C=O) groups is 1. The van der Waals surface area contributed by atoms with Gasteiger partial charge in [-0.2, -0.15) is 0 Å². The molecule has 6 heteroatoms. The molecule has 0 aliphatic carbocycles. The predicted molar refractivity (Wildman–Crippen MR) is 86.3 cm³/mol. The van der Waals surface area contributed by atoms with Crippen molar-refractivity contribution in [2.75, 3.05) is 44.0 Å². The molecule has 116 valence electrons. The summed E-state index contributed by atoms with van der Waals surface area (Å²) in [5, 5.41) is 6.74. The van der Waals surface area contributed by atoms with E-state index in [4.69, 9.17) is 16.3 Å². The van der Waals surface area contributed by atoms with Crippen molar-refractivity contribution in [1.82, 2.24) is 5.32 Å². The number of rotatable bonds is 5. The maximum Gasteiger partial charge on any atom is 0.250 e. The maximum absolute atomic E-state index is 12.0. The number of hydrogen-bond acceptors (Lipinski definition) is 4. The molecule has 1 fully saturated rings. The Morgan fingerprint density at radius 1 is 1.43 bits per heavy atom. The van der Waals surface area contributed by atoms with Gasteiger partial charge in [-0.1, -0.05) is 17.7 Å². The number of nitrogens with zero attached hydrogens (tertiary/aromatic N) is 1. The molecule has 1 aromatic rings. The van der Waals surface area contributed by atoms with Crippen molar-refractivity contribution < 1.29 is 9.53 Å². The van der Waals surface area contributed by atoms with Gasteiger partial charge in [0, 0.05) is 14.1 Å². The van der Waals surface area contributed by atoms with E-state index < -0.39 is 0 Å². The van der Waals surface area contributed by atoms with E-state index in [0.29, 0.717) is 10.7 Å². The van der Waals surface area contributed by atoms with Gasteiger partial charge in [0.05, 0.1) is 22.5 Å². The third-order valence-corrected chi connectivity index (χ3v) is 3.75. The van der Waals surface area contributed by atoms with Crippen molar-refractivity contribution in [2.24, 2.45) is 0 Å². The summed E-state index contributed by atoms with van der Waals surface area (Å²) in [5.74, 6) is -0.154. The van der Waals surface area contributed by atoms with Gasteiger partial charge in [0.2, 0.25) is 5.91 Å². The molecule has 1 amide bonds. The zero-order valence-electron chi connectivity index (χ0n) is 12.5. The second-order valence-corrected chi connectivity index (χ2v) is 5.75. The Morgan fingerprint density at radius 3 is 2.81 bits per heavy atom. The molecule has 1 heterocycles. The van der Waals surface area contributed by atoms with Crippen LogP contribution < -0.4 is 15.5 Å². The number of amides is 1. The quantitative estimate of drug-likeness (QED) is 0.874. The SMILES string of the molecule is CN(C)c1c(Cl)cccc1NC(=O)COC1CCNCC1. The number of piperidine rings is 1. The summed E-state index contributed by atoms with van der Waals surface area (Å²) in [4.78, 5) is 13.9. The first-order valence-corrected chi connectivity index (χ1v) is 7.53. The second kappa shape index (κ2) is 7.64. The van der Waals surface area contributed by atoms with Crippen molar-refractivity contribution in [3.05, 3.63) is 23.2 Å². The number of benzene rings is 1. The van der Waals surface area contributed by atoms with Crippen LogP contribution in [0.3, 0.4) is 0 Å². The molecule has 21 heavy (non-hydrogen) atoms. The Kier molecular flexibility index (Phi) is 5.85. The van der Waals surface area contributed by atoms with Crippen molar-refractivity contribution in [1.29, 1.82) is 0 Å². The third-order valence-electron chi connectivity index (χ3n) is 3.44. The Hall–Kier alpha value is -1.30. The summed E-state index contributed by atoms with van der Waals surface area (Å²) in [6.07, 6.45) is 2.07. The Labute approximate surface area is 130 Å². The molecule has 0 atom stereocenters. The molecule has 5 nitrogen and oxygen atoms in total. The van der Waals surface area contributed by atoms with Gasteiger partial charge < -0.3 is 20.3 Å². The van der Waals surface area contributed by atoms with E-state index in [2.05, 4.69) is 10.6 Å². The number of para-hydroxylation sites is 1. The van der Waals surface area contributed by atoms with E-state index in [1.54, 1.807) is 6.07 Å². The highest BCUT2D eigenvalue weighted by Crippen LogP contribution is 2.32. The molecule has 0 aromatic heterocycles. The van der Waals surface area contributed by atoms with Crippen molar-refractivity contribution in [3.8, 4) is 0 Å². The number of ether oxygens (including phenoxy) is 1. The summed E-state index contributed by atoms with van der Waals surface area (Å²) >= 11 is 6.18. The molecular weight excluding hydrogens is 290 g/mol. The summed E-state index contributed by atoms with van der Waals surface area (Å²) < 4.78 is 5.65. The third kappa shape index (κ3) is 4.59. The van der Waals surface area contributed by atoms with Crippen LogP contribution in [-0.4, -0.2) is 45.8 Å². The monoisotopic (exact) mass is 311 g/mol. The van der Waals surface area contributed by atoms with E-state index >= 15 is 0 Å². The average molecular weight is 312 g/mol. The lowest BCUT2D eigenvalue weighted by Crippen LogP contribution is -2.34. The zero-order chi connectivity index (χ0) is 15.2. The Morgan fingerprint density at radius 2 is 2.14 bits per heavy atom. The first kappa shape index (κ1) is 16.1. The van der Waals surface area contributed by atoms with E-state index in [-0.39, 0.29) is 18.6 Å². The minimum atomic E-state index is -0.154. The molecule has 0 spiro atoms. The van der Waals surface area contributed by atoms with Crippen LogP contribution >= 0.6 is 11.6 Å². The molecule has 2 N–H and O–H groups in total. The molecule has 0 bridgehead atoms. The number of anilines is 2. The zero-order valence-corrected chi connectivity index (χ0v) is 13.2. The van der Waals surface area contributed by atoms with Gasteiger partial charge in [-0.3, -0.25) is 4.79 Å². The highest BCUT2D eigenvalue weighted by molar-refractivity contribution is 6.34. The highest BCUT2D eigenvalue weighted by Gasteiger charge is 2.16. The van der Waals surface area contributed by atoms with Crippen LogP contribution in [0.1, 0.15) is 12.8 Å². The molecule has 1 aliphatic heterocycles. The molecule has 1 aromatic carbocycles. The minimum absolute atomic E-state index is 0.0735. The molecule has 1 aliphatic rings. The van der Waals surface area contributed by atoms with Crippen LogP contribution in [0.5, 0.6) is 0 Å². The minimum Gasteiger partial charge on any atom is -0.375 e.